The number of nitrogens with zero attached hydrogens (tertiary/aromatic N) is 2. The van der Waals surface area contributed by atoms with E-state index in [-0.39, 0.29) is 16.7 Å². The number of rotatable bonds is 8. The second kappa shape index (κ2) is 10.1. The van der Waals surface area contributed by atoms with Crippen LogP contribution in [0.2, 0.25) is 0 Å². The highest BCUT2D eigenvalue weighted by atomic mass is 32.2. The zero-order valence-electron chi connectivity index (χ0n) is 17.7. The van der Waals surface area contributed by atoms with Crippen LogP contribution in [0.1, 0.15) is 38.2 Å². The number of hydrogen-bond donors (Lipinski definition) is 0. The van der Waals surface area contributed by atoms with E-state index in [1.165, 1.54) is 4.31 Å². The van der Waals surface area contributed by atoms with Crippen molar-refractivity contribution >= 4 is 15.9 Å². The second-order valence-corrected chi connectivity index (χ2v) is 9.32. The van der Waals surface area contributed by atoms with Crippen LogP contribution in [0.25, 0.3) is 0 Å². The van der Waals surface area contributed by atoms with Gasteiger partial charge in [-0.1, -0.05) is 43.7 Å². The number of piperazine rings is 1. The molecule has 2 aromatic carbocycles. The molecular weight excluding hydrogens is 400 g/mol. The zero-order valence-corrected chi connectivity index (χ0v) is 18.5. The van der Waals surface area contributed by atoms with Gasteiger partial charge in [-0.15, -0.1) is 0 Å². The van der Waals surface area contributed by atoms with Crippen molar-refractivity contribution in [2.45, 2.75) is 37.5 Å². The fourth-order valence-electron chi connectivity index (χ4n) is 3.80. The van der Waals surface area contributed by atoms with Crippen molar-refractivity contribution in [2.24, 2.45) is 0 Å². The lowest BCUT2D eigenvalue weighted by Gasteiger charge is -2.36. The summed E-state index contributed by atoms with van der Waals surface area (Å²) in [4.78, 5) is 15.2. The molecule has 0 bridgehead atoms. The van der Waals surface area contributed by atoms with Crippen molar-refractivity contribution in [3.8, 4) is 5.75 Å². The average molecular weight is 431 g/mol. The highest BCUT2D eigenvalue weighted by Gasteiger charge is 2.32. The highest BCUT2D eigenvalue weighted by Crippen LogP contribution is 2.26. The van der Waals surface area contributed by atoms with Gasteiger partial charge in [0.05, 0.1) is 17.4 Å². The van der Waals surface area contributed by atoms with Crippen LogP contribution in [0, 0.1) is 0 Å². The standard InChI is InChI=1S/C23H30N2O4S/c1-3-8-22(19-9-6-5-7-10-19)23(26)24-15-17-25(18-16-24)30(27,28)21-13-11-20(12-14-21)29-4-2/h5-7,9-14,22H,3-4,8,15-18H2,1-2H3. The molecule has 1 heterocycles. The molecule has 162 valence electrons. The Kier molecular flexibility index (Phi) is 7.50. The number of amides is 1. The number of benzene rings is 2. The smallest absolute Gasteiger partial charge is 0.243 e. The number of sulfonamides is 1. The molecule has 0 radical (unpaired) electrons. The van der Waals surface area contributed by atoms with Gasteiger partial charge in [0.15, 0.2) is 0 Å². The van der Waals surface area contributed by atoms with E-state index in [1.54, 1.807) is 29.2 Å². The monoisotopic (exact) mass is 430 g/mol. The first kappa shape index (κ1) is 22.3. The predicted molar refractivity (Wildman–Crippen MR) is 117 cm³/mol. The SMILES string of the molecule is CCCC(C(=O)N1CCN(S(=O)(=O)c2ccc(OCC)cc2)CC1)c1ccccc1. The number of carbonyl (C=O) groups excluding carboxylic acids is 1. The van der Waals surface area contributed by atoms with Crippen LogP contribution in [0.3, 0.4) is 0 Å². The fraction of sp³-hybridized carbons (Fsp3) is 0.435. The Hall–Kier alpha value is -2.38. The Morgan fingerprint density at radius 3 is 2.17 bits per heavy atom. The molecule has 0 aromatic heterocycles. The molecule has 1 aliphatic rings. The average Bonchev–Trinajstić information content (AvgIpc) is 2.78. The summed E-state index contributed by atoms with van der Waals surface area (Å²) in [7, 11) is -3.59. The lowest BCUT2D eigenvalue weighted by Crippen LogP contribution is -2.51. The molecule has 1 unspecified atom stereocenters. The van der Waals surface area contributed by atoms with E-state index in [0.29, 0.717) is 38.5 Å². The quantitative estimate of drug-likeness (QED) is 0.643. The van der Waals surface area contributed by atoms with Gasteiger partial charge in [-0.05, 0) is 43.2 Å². The molecule has 3 rings (SSSR count). The summed E-state index contributed by atoms with van der Waals surface area (Å²) in [5, 5.41) is 0. The largest absolute Gasteiger partial charge is 0.494 e. The van der Waals surface area contributed by atoms with Crippen molar-refractivity contribution in [1.82, 2.24) is 9.21 Å². The van der Waals surface area contributed by atoms with E-state index in [1.807, 2.05) is 37.3 Å². The van der Waals surface area contributed by atoms with Gasteiger partial charge in [0.25, 0.3) is 0 Å². The minimum absolute atomic E-state index is 0.0844. The molecule has 7 heteroatoms. The summed E-state index contributed by atoms with van der Waals surface area (Å²) in [6.45, 7) is 5.90. The van der Waals surface area contributed by atoms with Gasteiger partial charge < -0.3 is 9.64 Å². The Morgan fingerprint density at radius 1 is 0.967 bits per heavy atom. The topological polar surface area (TPSA) is 66.9 Å². The third-order valence-corrected chi connectivity index (χ3v) is 7.31. The summed E-state index contributed by atoms with van der Waals surface area (Å²) < 4.78 is 32.8. The predicted octanol–water partition coefficient (Wildman–Crippen LogP) is 3.50. The maximum absolute atomic E-state index is 13.2. The lowest BCUT2D eigenvalue weighted by atomic mass is 9.93. The van der Waals surface area contributed by atoms with E-state index in [0.717, 1.165) is 18.4 Å². The van der Waals surface area contributed by atoms with Gasteiger partial charge in [0.1, 0.15) is 5.75 Å². The Bertz CT molecular complexity index is 921. The van der Waals surface area contributed by atoms with E-state index >= 15 is 0 Å². The first-order chi connectivity index (χ1) is 14.5. The molecule has 1 atom stereocenters. The summed E-state index contributed by atoms with van der Waals surface area (Å²) >= 11 is 0. The van der Waals surface area contributed by atoms with Gasteiger partial charge in [-0.2, -0.15) is 4.31 Å². The van der Waals surface area contributed by atoms with Gasteiger partial charge in [-0.3, -0.25) is 4.79 Å². The second-order valence-electron chi connectivity index (χ2n) is 7.39. The maximum Gasteiger partial charge on any atom is 0.243 e. The molecule has 30 heavy (non-hydrogen) atoms. The molecule has 6 nitrogen and oxygen atoms in total. The van der Waals surface area contributed by atoms with Crippen molar-refractivity contribution in [2.75, 3.05) is 32.8 Å². The third-order valence-electron chi connectivity index (χ3n) is 5.40. The van der Waals surface area contributed by atoms with Crippen LogP contribution < -0.4 is 4.74 Å². The van der Waals surface area contributed by atoms with E-state index in [2.05, 4.69) is 6.92 Å². The van der Waals surface area contributed by atoms with Crippen LogP contribution in [0.5, 0.6) is 5.75 Å². The van der Waals surface area contributed by atoms with Gasteiger partial charge in [0, 0.05) is 26.2 Å². The molecule has 2 aromatic rings. The fourth-order valence-corrected chi connectivity index (χ4v) is 5.22. The van der Waals surface area contributed by atoms with E-state index in [4.69, 9.17) is 4.74 Å². The first-order valence-electron chi connectivity index (χ1n) is 10.5. The first-order valence-corrected chi connectivity index (χ1v) is 12.0. The van der Waals surface area contributed by atoms with Crippen LogP contribution in [0.4, 0.5) is 0 Å². The maximum atomic E-state index is 13.2. The van der Waals surface area contributed by atoms with Gasteiger partial charge in [0.2, 0.25) is 15.9 Å². The molecule has 0 saturated carbocycles. The Balaban J connectivity index is 1.66. The Labute approximate surface area is 179 Å². The molecule has 0 N–H and O–H groups in total. The molecular formula is C23H30N2O4S. The van der Waals surface area contributed by atoms with Crippen molar-refractivity contribution in [3.63, 3.8) is 0 Å². The van der Waals surface area contributed by atoms with Crippen molar-refractivity contribution in [3.05, 3.63) is 60.2 Å². The third kappa shape index (κ3) is 5.02. The Morgan fingerprint density at radius 2 is 1.60 bits per heavy atom. The lowest BCUT2D eigenvalue weighted by molar-refractivity contribution is -0.134. The minimum atomic E-state index is -3.59. The van der Waals surface area contributed by atoms with E-state index in [9.17, 15) is 13.2 Å². The molecule has 0 aliphatic carbocycles. The zero-order chi connectivity index (χ0) is 21.6. The van der Waals surface area contributed by atoms with Gasteiger partial charge in [-0.25, -0.2) is 8.42 Å². The summed E-state index contributed by atoms with van der Waals surface area (Å²) in [6, 6.07) is 16.3. The molecule has 1 amide bonds. The number of hydrogen-bond acceptors (Lipinski definition) is 4. The normalized spacial score (nSPS) is 16.3. The number of carbonyl (C=O) groups is 1. The number of ether oxygens (including phenoxy) is 1. The molecule has 1 aliphatic heterocycles. The van der Waals surface area contributed by atoms with Crippen LogP contribution in [-0.4, -0.2) is 56.3 Å². The molecule has 0 spiro atoms. The highest BCUT2D eigenvalue weighted by molar-refractivity contribution is 7.89. The van der Waals surface area contributed by atoms with Gasteiger partial charge >= 0.3 is 0 Å². The molecule has 1 saturated heterocycles. The summed E-state index contributed by atoms with van der Waals surface area (Å²) in [5.74, 6) is 0.557. The van der Waals surface area contributed by atoms with Crippen molar-refractivity contribution < 1.29 is 17.9 Å². The van der Waals surface area contributed by atoms with Crippen LogP contribution >= 0.6 is 0 Å². The van der Waals surface area contributed by atoms with E-state index < -0.39 is 10.0 Å². The van der Waals surface area contributed by atoms with Crippen molar-refractivity contribution in [1.29, 1.82) is 0 Å². The van der Waals surface area contributed by atoms with Crippen LogP contribution in [0.15, 0.2) is 59.5 Å². The summed E-state index contributed by atoms with van der Waals surface area (Å²) in [6.07, 6.45) is 1.70. The molecule has 1 fully saturated rings. The summed E-state index contributed by atoms with van der Waals surface area (Å²) in [5.41, 5.74) is 1.02. The minimum Gasteiger partial charge on any atom is -0.494 e. The van der Waals surface area contributed by atoms with Crippen LogP contribution in [-0.2, 0) is 14.8 Å².